The number of aliphatic carboxylic acids is 1. The Labute approximate surface area is 101 Å². The van der Waals surface area contributed by atoms with Gasteiger partial charge in [-0.1, -0.05) is 0 Å². The first-order chi connectivity index (χ1) is 8.05. The summed E-state index contributed by atoms with van der Waals surface area (Å²) in [5.74, 6) is -4.55. The Morgan fingerprint density at radius 2 is 2.00 bits per heavy atom. The number of ether oxygens (including phenoxy) is 1. The number of phosphoric acid groups is 1. The molecule has 0 unspecified atom stereocenters. The van der Waals surface area contributed by atoms with Crippen LogP contribution in [0.4, 0.5) is 0 Å². The molecular formula is C7H13O10P. The lowest BCUT2D eigenvalue weighted by molar-refractivity contribution is -0.297. The Balaban J connectivity index is 2.76. The van der Waals surface area contributed by atoms with E-state index >= 15 is 0 Å². The molecule has 1 rings (SSSR count). The molecule has 0 bridgehead atoms. The number of carboxylic acids is 1. The van der Waals surface area contributed by atoms with E-state index in [1.807, 2.05) is 0 Å². The summed E-state index contributed by atoms with van der Waals surface area (Å²) in [6, 6.07) is 0. The Kier molecular flexibility index (Phi) is 4.47. The zero-order valence-electron chi connectivity index (χ0n) is 8.91. The summed E-state index contributed by atoms with van der Waals surface area (Å²) in [6.07, 6.45) is -5.65. The fourth-order valence-corrected chi connectivity index (χ4v) is 1.80. The van der Waals surface area contributed by atoms with Gasteiger partial charge in [0.15, 0.2) is 0 Å². The Morgan fingerprint density at radius 1 is 1.44 bits per heavy atom. The van der Waals surface area contributed by atoms with Crippen molar-refractivity contribution in [1.82, 2.24) is 0 Å². The number of carboxylic acid groups (broad SMARTS) is 1. The molecular weight excluding hydrogens is 276 g/mol. The first-order valence-electron chi connectivity index (χ1n) is 4.75. The summed E-state index contributed by atoms with van der Waals surface area (Å²) in [5, 5.41) is 37.0. The van der Waals surface area contributed by atoms with E-state index in [9.17, 15) is 24.7 Å². The van der Waals surface area contributed by atoms with Gasteiger partial charge in [0.1, 0.15) is 12.2 Å². The lowest BCUT2D eigenvalue weighted by Crippen LogP contribution is -2.59. The van der Waals surface area contributed by atoms with Crippen LogP contribution in [-0.4, -0.2) is 66.9 Å². The van der Waals surface area contributed by atoms with Crippen LogP contribution in [-0.2, 0) is 18.6 Å². The zero-order chi connectivity index (χ0) is 14.1. The van der Waals surface area contributed by atoms with Crippen molar-refractivity contribution < 1.29 is 48.8 Å². The second kappa shape index (κ2) is 5.19. The van der Waals surface area contributed by atoms with E-state index in [0.29, 0.717) is 0 Å². The number of aliphatic hydroxyl groups is 3. The second-order valence-electron chi connectivity index (χ2n) is 3.79. The predicted octanol–water partition coefficient (Wildman–Crippen LogP) is -2.62. The highest BCUT2D eigenvalue weighted by molar-refractivity contribution is 7.46. The van der Waals surface area contributed by atoms with Crippen molar-refractivity contribution in [2.24, 2.45) is 0 Å². The lowest BCUT2D eigenvalue weighted by Gasteiger charge is -2.39. The maximum absolute atomic E-state index is 10.7. The van der Waals surface area contributed by atoms with Gasteiger partial charge in [0, 0.05) is 6.42 Å². The van der Waals surface area contributed by atoms with Crippen LogP contribution in [0.5, 0.6) is 0 Å². The first kappa shape index (κ1) is 15.5. The quantitative estimate of drug-likeness (QED) is 0.237. The van der Waals surface area contributed by atoms with Gasteiger partial charge in [-0.3, -0.25) is 4.52 Å². The number of aliphatic hydroxyl groups excluding tert-OH is 2. The van der Waals surface area contributed by atoms with Crippen molar-refractivity contribution in [2.45, 2.75) is 30.5 Å². The largest absolute Gasteiger partial charge is 0.477 e. The fourth-order valence-electron chi connectivity index (χ4n) is 1.46. The third-order valence-electron chi connectivity index (χ3n) is 2.35. The normalized spacial score (nSPS) is 37.5. The maximum Gasteiger partial charge on any atom is 0.469 e. The van der Waals surface area contributed by atoms with Gasteiger partial charge in [0.2, 0.25) is 0 Å². The molecule has 6 N–H and O–H groups in total. The van der Waals surface area contributed by atoms with Crippen LogP contribution in [0.15, 0.2) is 0 Å². The van der Waals surface area contributed by atoms with Gasteiger partial charge in [-0.15, -0.1) is 0 Å². The van der Waals surface area contributed by atoms with Crippen LogP contribution in [0.2, 0.25) is 0 Å². The zero-order valence-corrected chi connectivity index (χ0v) is 9.80. The first-order valence-corrected chi connectivity index (χ1v) is 6.28. The minimum atomic E-state index is -4.85. The molecule has 1 heterocycles. The Hall–Kier alpha value is -0.580. The van der Waals surface area contributed by atoms with Crippen LogP contribution in [0.25, 0.3) is 0 Å². The molecule has 0 amide bonds. The predicted molar refractivity (Wildman–Crippen MR) is 52.1 cm³/mol. The van der Waals surface area contributed by atoms with Gasteiger partial charge in [-0.05, 0) is 0 Å². The minimum Gasteiger partial charge on any atom is -0.477 e. The molecule has 1 fully saturated rings. The summed E-state index contributed by atoms with van der Waals surface area (Å²) < 4.78 is 19.1. The monoisotopic (exact) mass is 289 g/mol. The van der Waals surface area contributed by atoms with Gasteiger partial charge in [0.25, 0.3) is 5.79 Å². The van der Waals surface area contributed by atoms with Gasteiger partial charge in [-0.2, -0.15) is 0 Å². The lowest BCUT2D eigenvalue weighted by atomic mass is 10.0. The second-order valence-corrected chi connectivity index (χ2v) is 5.03. The van der Waals surface area contributed by atoms with Crippen molar-refractivity contribution in [1.29, 1.82) is 0 Å². The SMILES string of the molecule is O=C(O)[C@@]1(O)C[C@@H](O)[C@H](O)[13C@@H](COP(=O)(O)O)O1. The molecule has 1 saturated heterocycles. The summed E-state index contributed by atoms with van der Waals surface area (Å²) >= 11 is 0. The van der Waals surface area contributed by atoms with Crippen LogP contribution in [0, 0.1) is 0 Å². The highest BCUT2D eigenvalue weighted by atomic mass is 31.2. The van der Waals surface area contributed by atoms with Gasteiger partial charge in [0.05, 0.1) is 12.7 Å². The molecule has 1 aliphatic rings. The molecule has 106 valence electrons. The average Bonchev–Trinajstić information content (AvgIpc) is 2.20. The van der Waals surface area contributed by atoms with E-state index in [1.165, 1.54) is 0 Å². The third kappa shape index (κ3) is 3.70. The van der Waals surface area contributed by atoms with E-state index in [4.69, 9.17) is 14.9 Å². The molecule has 1 aliphatic heterocycles. The third-order valence-corrected chi connectivity index (χ3v) is 2.83. The highest BCUT2D eigenvalue weighted by Gasteiger charge is 2.50. The topological polar surface area (TPSA) is 174 Å². The van der Waals surface area contributed by atoms with E-state index < -0.39 is 50.9 Å². The minimum absolute atomic E-state index is 0.782. The van der Waals surface area contributed by atoms with E-state index in [1.54, 1.807) is 0 Å². The molecule has 0 aromatic carbocycles. The van der Waals surface area contributed by atoms with Crippen LogP contribution >= 0.6 is 7.82 Å². The van der Waals surface area contributed by atoms with Crippen LogP contribution in [0.1, 0.15) is 6.42 Å². The molecule has 0 saturated carbocycles. The molecule has 0 aliphatic carbocycles. The van der Waals surface area contributed by atoms with Crippen molar-refractivity contribution in [3.8, 4) is 0 Å². The molecule has 0 aromatic rings. The number of phosphoric ester groups is 1. The highest BCUT2D eigenvalue weighted by Crippen LogP contribution is 2.37. The number of hydrogen-bond acceptors (Lipinski definition) is 7. The average molecular weight is 289 g/mol. The number of carbonyl (C=O) groups is 1. The summed E-state index contributed by atoms with van der Waals surface area (Å²) in [6.45, 7) is -0.891. The fraction of sp³-hybridized carbons (Fsp3) is 0.857. The van der Waals surface area contributed by atoms with Crippen molar-refractivity contribution in [3.63, 3.8) is 0 Å². The van der Waals surface area contributed by atoms with Crippen molar-refractivity contribution >= 4 is 13.8 Å². The smallest absolute Gasteiger partial charge is 0.469 e. The number of hydrogen-bond donors (Lipinski definition) is 6. The van der Waals surface area contributed by atoms with E-state index in [0.717, 1.165) is 0 Å². The molecule has 10 nitrogen and oxygen atoms in total. The van der Waals surface area contributed by atoms with Crippen LogP contribution < -0.4 is 0 Å². The van der Waals surface area contributed by atoms with Crippen molar-refractivity contribution in [2.75, 3.05) is 6.61 Å². The van der Waals surface area contributed by atoms with E-state index in [2.05, 4.69) is 9.26 Å². The Morgan fingerprint density at radius 3 is 2.44 bits per heavy atom. The van der Waals surface area contributed by atoms with Gasteiger partial charge >= 0.3 is 13.8 Å². The van der Waals surface area contributed by atoms with Crippen LogP contribution in [0.3, 0.4) is 0 Å². The number of rotatable bonds is 4. The maximum atomic E-state index is 10.7. The molecule has 11 heteroatoms. The van der Waals surface area contributed by atoms with E-state index in [-0.39, 0.29) is 0 Å². The Bertz CT molecular complexity index is 365. The van der Waals surface area contributed by atoms with Gasteiger partial charge < -0.3 is 34.9 Å². The van der Waals surface area contributed by atoms with Crippen molar-refractivity contribution in [3.05, 3.63) is 0 Å². The standard InChI is InChI=1S/C7H13O10P/c8-3-1-7(12,6(10)11)17-4(5(3)9)2-16-18(13,14)15/h3-5,8-9,12H,1-2H2,(H,10,11)(H2,13,14,15)/t3-,4-,5+,7-/m1/s1/i4+1. The molecule has 0 radical (unpaired) electrons. The van der Waals surface area contributed by atoms with Gasteiger partial charge in [-0.25, -0.2) is 9.36 Å². The summed E-state index contributed by atoms with van der Waals surface area (Å²) in [4.78, 5) is 27.6. The molecule has 18 heavy (non-hydrogen) atoms. The molecule has 4 atom stereocenters. The summed E-state index contributed by atoms with van der Waals surface area (Å²) in [7, 11) is -4.85. The molecule has 0 spiro atoms. The molecule has 0 aromatic heterocycles. The summed E-state index contributed by atoms with van der Waals surface area (Å²) in [5.41, 5.74) is 0.